The van der Waals surface area contributed by atoms with E-state index in [4.69, 9.17) is 0 Å². The molecule has 14 heteroatoms. The zero-order valence-corrected chi connectivity index (χ0v) is 18.7. The number of rotatable bonds is 10. The molecular weight excluding hydrogens is 507 g/mol. The van der Waals surface area contributed by atoms with E-state index in [1.807, 2.05) is 0 Å². The maximum Gasteiger partial charge on any atom is 0.408 e. The molecule has 3 aromatic rings. The Labute approximate surface area is 205 Å². The molecule has 0 unspecified atom stereocenters. The highest BCUT2D eigenvalue weighted by Crippen LogP contribution is 2.23. The van der Waals surface area contributed by atoms with Gasteiger partial charge in [-0.05, 0) is 5.56 Å². The Morgan fingerprint density at radius 1 is 0.892 bits per heavy atom. The molecule has 0 saturated carbocycles. The molecule has 0 radical (unpaired) electrons. The summed E-state index contributed by atoms with van der Waals surface area (Å²) >= 11 is 0. The van der Waals surface area contributed by atoms with Crippen LogP contribution in [0.5, 0.6) is 0 Å². The Bertz CT molecular complexity index is 1250. The Kier molecular flexibility index (Phi) is 8.77. The summed E-state index contributed by atoms with van der Waals surface area (Å²) < 4.78 is 72.3. The first-order valence-corrected chi connectivity index (χ1v) is 10.6. The predicted molar refractivity (Wildman–Crippen MR) is 115 cm³/mol. The highest BCUT2D eigenvalue weighted by atomic mass is 19.2. The minimum Gasteiger partial charge on any atom is -0.480 e. The van der Waals surface area contributed by atoms with Gasteiger partial charge in [-0.15, -0.1) is 0 Å². The average molecular weight is 526 g/mol. The number of hydrogen-bond acceptors (Lipinski definition) is 5. The molecule has 4 N–H and O–H groups in total. The van der Waals surface area contributed by atoms with E-state index in [1.165, 1.54) is 12.5 Å². The molecule has 0 spiro atoms. The molecule has 2 amide bonds. The molecule has 1 aromatic heterocycles. The number of nitrogens with one attached hydrogen (secondary N) is 3. The lowest BCUT2D eigenvalue weighted by Gasteiger charge is -2.21. The minimum atomic E-state index is -2.37. The van der Waals surface area contributed by atoms with E-state index in [0.29, 0.717) is 11.3 Å². The van der Waals surface area contributed by atoms with E-state index in [2.05, 4.69) is 25.3 Å². The standard InChI is InChI=1S/C23H19F5N4O5/c24-16-13(17(25)19(27)20(28)18(16)26)9-37-23(36)32-14(6-11-4-2-1-3-5-11)21(33)31-15(22(34)35)7-12-8-29-10-30-12/h1-5,8,10,14-15H,6-7,9H2,(H,29,30)(H,31,33)(H,32,36)(H,34,35)/t14-,15-/m0/s1. The number of carboxylic acid groups (broad SMARTS) is 1. The lowest BCUT2D eigenvalue weighted by molar-refractivity contribution is -0.142. The van der Waals surface area contributed by atoms with Crippen LogP contribution >= 0.6 is 0 Å². The van der Waals surface area contributed by atoms with Gasteiger partial charge in [0.15, 0.2) is 23.3 Å². The number of amides is 2. The van der Waals surface area contributed by atoms with E-state index in [9.17, 15) is 41.4 Å². The summed E-state index contributed by atoms with van der Waals surface area (Å²) in [6, 6.07) is 5.35. The van der Waals surface area contributed by atoms with Gasteiger partial charge in [-0.1, -0.05) is 30.3 Å². The molecule has 9 nitrogen and oxygen atoms in total. The molecule has 0 fully saturated rings. The third-order valence-electron chi connectivity index (χ3n) is 5.13. The van der Waals surface area contributed by atoms with Crippen molar-refractivity contribution < 1.29 is 46.2 Å². The third-order valence-corrected chi connectivity index (χ3v) is 5.13. The number of hydrogen-bond donors (Lipinski definition) is 4. The second kappa shape index (κ2) is 12.0. The van der Waals surface area contributed by atoms with E-state index >= 15 is 0 Å². The van der Waals surface area contributed by atoms with E-state index in [1.54, 1.807) is 30.3 Å². The number of aliphatic carboxylic acids is 1. The Morgan fingerprint density at radius 3 is 2.08 bits per heavy atom. The highest BCUT2D eigenvalue weighted by molar-refractivity contribution is 5.89. The summed E-state index contributed by atoms with van der Waals surface area (Å²) in [5, 5.41) is 13.9. The van der Waals surface area contributed by atoms with Gasteiger partial charge in [0, 0.05) is 24.7 Å². The number of H-pyrrole nitrogens is 1. The van der Waals surface area contributed by atoms with Crippen molar-refractivity contribution in [2.75, 3.05) is 0 Å². The lowest BCUT2D eigenvalue weighted by Crippen LogP contribution is -2.53. The van der Waals surface area contributed by atoms with E-state index in [0.717, 1.165) is 0 Å². The zero-order valence-electron chi connectivity index (χ0n) is 18.7. The van der Waals surface area contributed by atoms with Crippen molar-refractivity contribution in [3.63, 3.8) is 0 Å². The maximum absolute atomic E-state index is 13.8. The molecular formula is C23H19F5N4O5. The van der Waals surface area contributed by atoms with Crippen LogP contribution in [-0.2, 0) is 33.8 Å². The SMILES string of the molecule is O=C(N[C@@H](Cc1ccccc1)C(=O)N[C@@H](Cc1cnc[nH]1)C(=O)O)OCc1c(F)c(F)c(F)c(F)c1F. The number of alkyl carbamates (subject to hydrolysis) is 1. The number of carboxylic acids is 1. The van der Waals surface area contributed by atoms with Gasteiger partial charge in [-0.25, -0.2) is 36.5 Å². The number of ether oxygens (including phenoxy) is 1. The Hall–Kier alpha value is -4.49. The molecule has 196 valence electrons. The van der Waals surface area contributed by atoms with Crippen LogP contribution in [0.4, 0.5) is 26.7 Å². The van der Waals surface area contributed by atoms with Crippen LogP contribution in [0.1, 0.15) is 16.8 Å². The van der Waals surface area contributed by atoms with Gasteiger partial charge < -0.3 is 25.5 Å². The predicted octanol–water partition coefficient (Wildman–Crippen LogP) is 2.75. The summed E-state index contributed by atoms with van der Waals surface area (Å²) in [7, 11) is 0. The minimum absolute atomic E-state index is 0.152. The van der Waals surface area contributed by atoms with Gasteiger partial charge in [0.25, 0.3) is 0 Å². The fourth-order valence-electron chi connectivity index (χ4n) is 3.25. The Balaban J connectivity index is 1.74. The summed E-state index contributed by atoms with van der Waals surface area (Å²) in [6.07, 6.45) is 0.930. The van der Waals surface area contributed by atoms with Crippen molar-refractivity contribution in [2.24, 2.45) is 0 Å². The summed E-state index contributed by atoms with van der Waals surface area (Å²) in [5.74, 6) is -13.5. The molecule has 2 atom stereocenters. The Morgan fingerprint density at radius 2 is 1.51 bits per heavy atom. The summed E-state index contributed by atoms with van der Waals surface area (Å²) in [5.41, 5.74) is -0.438. The quantitative estimate of drug-likeness (QED) is 0.182. The van der Waals surface area contributed by atoms with Crippen molar-refractivity contribution in [1.29, 1.82) is 0 Å². The number of halogens is 5. The first kappa shape index (κ1) is 27.1. The molecule has 3 rings (SSSR count). The fourth-order valence-corrected chi connectivity index (χ4v) is 3.25. The molecule has 0 aliphatic carbocycles. The summed E-state index contributed by atoms with van der Waals surface area (Å²) in [4.78, 5) is 43.3. The lowest BCUT2D eigenvalue weighted by atomic mass is 10.0. The van der Waals surface area contributed by atoms with Gasteiger partial charge in [-0.2, -0.15) is 0 Å². The van der Waals surface area contributed by atoms with Gasteiger partial charge in [0.1, 0.15) is 18.7 Å². The summed E-state index contributed by atoms with van der Waals surface area (Å²) in [6.45, 7) is -1.34. The highest BCUT2D eigenvalue weighted by Gasteiger charge is 2.29. The normalized spacial score (nSPS) is 12.5. The molecule has 0 aliphatic rings. The molecule has 2 aromatic carbocycles. The van der Waals surface area contributed by atoms with Crippen LogP contribution in [0.15, 0.2) is 42.9 Å². The molecule has 0 saturated heterocycles. The van der Waals surface area contributed by atoms with Gasteiger partial charge >= 0.3 is 12.1 Å². The maximum atomic E-state index is 13.8. The number of aromatic amines is 1. The first-order valence-electron chi connectivity index (χ1n) is 10.6. The number of carbonyl (C=O) groups excluding carboxylic acids is 2. The monoisotopic (exact) mass is 526 g/mol. The second-order valence-corrected chi connectivity index (χ2v) is 7.69. The third kappa shape index (κ3) is 6.80. The van der Waals surface area contributed by atoms with Gasteiger partial charge in [0.2, 0.25) is 11.7 Å². The van der Waals surface area contributed by atoms with E-state index < -0.39 is 71.3 Å². The van der Waals surface area contributed by atoms with Crippen LogP contribution in [0, 0.1) is 29.1 Å². The number of nitrogens with zero attached hydrogens (tertiary/aromatic N) is 1. The van der Waals surface area contributed by atoms with E-state index in [-0.39, 0.29) is 12.8 Å². The largest absolute Gasteiger partial charge is 0.480 e. The smallest absolute Gasteiger partial charge is 0.408 e. The molecule has 37 heavy (non-hydrogen) atoms. The van der Waals surface area contributed by atoms with Crippen molar-refractivity contribution in [1.82, 2.24) is 20.6 Å². The van der Waals surface area contributed by atoms with Crippen molar-refractivity contribution in [2.45, 2.75) is 31.5 Å². The van der Waals surface area contributed by atoms with Gasteiger partial charge in [-0.3, -0.25) is 4.79 Å². The van der Waals surface area contributed by atoms with Crippen LogP contribution in [0.2, 0.25) is 0 Å². The van der Waals surface area contributed by atoms with Crippen molar-refractivity contribution in [3.8, 4) is 0 Å². The average Bonchev–Trinajstić information content (AvgIpc) is 3.39. The van der Waals surface area contributed by atoms with Gasteiger partial charge in [0.05, 0.1) is 11.9 Å². The van der Waals surface area contributed by atoms with Crippen molar-refractivity contribution >= 4 is 18.0 Å². The molecule has 0 aliphatic heterocycles. The second-order valence-electron chi connectivity index (χ2n) is 7.69. The number of imidazole rings is 1. The van der Waals surface area contributed by atoms with Crippen LogP contribution in [-0.4, -0.2) is 45.1 Å². The van der Waals surface area contributed by atoms with Crippen LogP contribution < -0.4 is 10.6 Å². The topological polar surface area (TPSA) is 133 Å². The van der Waals surface area contributed by atoms with Crippen LogP contribution in [0.3, 0.4) is 0 Å². The number of aromatic nitrogens is 2. The molecule has 0 bridgehead atoms. The number of carbonyl (C=O) groups is 3. The zero-order chi connectivity index (χ0) is 27.1. The first-order chi connectivity index (χ1) is 17.6. The molecule has 1 heterocycles. The van der Waals surface area contributed by atoms with Crippen LogP contribution in [0.25, 0.3) is 0 Å². The fraction of sp³-hybridized carbons (Fsp3) is 0.217. The number of benzene rings is 2. The van der Waals surface area contributed by atoms with Crippen molar-refractivity contribution in [3.05, 3.63) is 88.8 Å².